The largest absolute Gasteiger partial charge is 0.497 e. The Kier molecular flexibility index (Phi) is 6.29. The van der Waals surface area contributed by atoms with Crippen LogP contribution in [-0.4, -0.2) is 23.9 Å². The molecule has 0 spiro atoms. The second-order valence-corrected chi connectivity index (χ2v) is 6.59. The number of aryl methyl sites for hydroxylation is 1. The maximum absolute atomic E-state index is 12.5. The minimum Gasteiger partial charge on any atom is -0.497 e. The number of para-hydroxylation sites is 1. The number of oxazole rings is 1. The zero-order chi connectivity index (χ0) is 20.8. The maximum atomic E-state index is 12.5. The smallest absolute Gasteiger partial charge is 0.277 e. The van der Waals surface area contributed by atoms with E-state index in [9.17, 15) is 9.59 Å². The summed E-state index contributed by atoms with van der Waals surface area (Å²) in [6, 6.07) is 15.9. The van der Waals surface area contributed by atoms with Gasteiger partial charge in [0.15, 0.2) is 5.69 Å². The Labute approximate surface area is 169 Å². The molecular weight excluding hydrogens is 370 g/mol. The molecule has 2 aromatic carbocycles. The molecule has 0 saturated heterocycles. The number of anilines is 1. The average molecular weight is 393 g/mol. The lowest BCUT2D eigenvalue weighted by Gasteiger charge is -2.11. The van der Waals surface area contributed by atoms with E-state index in [2.05, 4.69) is 15.6 Å². The quantitative estimate of drug-likeness (QED) is 0.639. The van der Waals surface area contributed by atoms with E-state index in [0.29, 0.717) is 17.2 Å². The summed E-state index contributed by atoms with van der Waals surface area (Å²) >= 11 is 0. The Bertz CT molecular complexity index is 998. The standard InChI is InChI=1S/C22H23N3O4/c1-14(23-19(26)13-16-8-7-11-18(12-16)28-3)22-25-20(15(2)29-22)21(27)24-17-9-5-4-6-10-17/h4-12,14H,13H2,1-3H3,(H,23,26)(H,24,27)/t14-/m1/s1. The number of hydrogen-bond acceptors (Lipinski definition) is 5. The Morgan fingerprint density at radius 2 is 1.90 bits per heavy atom. The summed E-state index contributed by atoms with van der Waals surface area (Å²) in [5.74, 6) is 0.818. The molecule has 0 radical (unpaired) electrons. The third kappa shape index (κ3) is 5.22. The highest BCUT2D eigenvalue weighted by atomic mass is 16.5. The van der Waals surface area contributed by atoms with Crippen molar-refractivity contribution >= 4 is 17.5 Å². The van der Waals surface area contributed by atoms with Gasteiger partial charge in [-0.3, -0.25) is 9.59 Å². The Balaban J connectivity index is 1.63. The van der Waals surface area contributed by atoms with Gasteiger partial charge in [-0.15, -0.1) is 0 Å². The van der Waals surface area contributed by atoms with Gasteiger partial charge in [0.05, 0.1) is 13.5 Å². The lowest BCUT2D eigenvalue weighted by Crippen LogP contribution is -2.28. The van der Waals surface area contributed by atoms with Crippen molar-refractivity contribution in [3.05, 3.63) is 77.5 Å². The van der Waals surface area contributed by atoms with Gasteiger partial charge in [0.1, 0.15) is 17.6 Å². The molecule has 0 aliphatic rings. The van der Waals surface area contributed by atoms with Crippen LogP contribution in [-0.2, 0) is 11.2 Å². The molecule has 0 fully saturated rings. The van der Waals surface area contributed by atoms with Crippen molar-refractivity contribution in [2.24, 2.45) is 0 Å². The Morgan fingerprint density at radius 1 is 1.14 bits per heavy atom. The Hall–Kier alpha value is -3.61. The van der Waals surface area contributed by atoms with Gasteiger partial charge < -0.3 is 19.8 Å². The molecule has 0 aliphatic carbocycles. The fraction of sp³-hybridized carbons (Fsp3) is 0.227. The van der Waals surface area contributed by atoms with E-state index in [0.717, 1.165) is 5.56 Å². The van der Waals surface area contributed by atoms with Crippen LogP contribution < -0.4 is 15.4 Å². The van der Waals surface area contributed by atoms with Gasteiger partial charge in [-0.2, -0.15) is 0 Å². The number of methoxy groups -OCH3 is 1. The van der Waals surface area contributed by atoms with Crippen LogP contribution in [0.3, 0.4) is 0 Å². The number of carbonyl (C=O) groups is 2. The SMILES string of the molecule is COc1cccc(CC(=O)N[C@H](C)c2nc(C(=O)Nc3ccccc3)c(C)o2)c1. The fourth-order valence-corrected chi connectivity index (χ4v) is 2.85. The zero-order valence-corrected chi connectivity index (χ0v) is 16.6. The molecule has 3 rings (SSSR count). The molecule has 0 aliphatic heterocycles. The number of benzene rings is 2. The summed E-state index contributed by atoms with van der Waals surface area (Å²) < 4.78 is 10.8. The molecule has 2 amide bonds. The summed E-state index contributed by atoms with van der Waals surface area (Å²) in [4.78, 5) is 29.1. The number of amides is 2. The van der Waals surface area contributed by atoms with Crippen LogP contribution in [0.15, 0.2) is 59.0 Å². The number of carbonyl (C=O) groups excluding carboxylic acids is 2. The average Bonchev–Trinajstić information content (AvgIpc) is 3.11. The molecular formula is C22H23N3O4. The van der Waals surface area contributed by atoms with Crippen molar-refractivity contribution in [2.75, 3.05) is 12.4 Å². The monoisotopic (exact) mass is 393 g/mol. The third-order valence-corrected chi connectivity index (χ3v) is 4.31. The molecule has 0 saturated carbocycles. The minimum atomic E-state index is -0.481. The van der Waals surface area contributed by atoms with Gasteiger partial charge in [0, 0.05) is 5.69 Å². The normalized spacial score (nSPS) is 11.6. The molecule has 0 bridgehead atoms. The number of nitrogens with one attached hydrogen (secondary N) is 2. The first kappa shape index (κ1) is 20.1. The van der Waals surface area contributed by atoms with E-state index in [1.54, 1.807) is 33.1 Å². The predicted molar refractivity (Wildman–Crippen MR) is 109 cm³/mol. The molecule has 2 N–H and O–H groups in total. The summed E-state index contributed by atoms with van der Waals surface area (Å²) in [5.41, 5.74) is 1.69. The molecule has 29 heavy (non-hydrogen) atoms. The molecule has 3 aromatic rings. The number of ether oxygens (including phenoxy) is 1. The molecule has 150 valence electrons. The van der Waals surface area contributed by atoms with Crippen LogP contribution in [0.1, 0.15) is 40.7 Å². The highest BCUT2D eigenvalue weighted by Gasteiger charge is 2.21. The van der Waals surface area contributed by atoms with Crippen molar-refractivity contribution in [1.82, 2.24) is 10.3 Å². The van der Waals surface area contributed by atoms with E-state index in [4.69, 9.17) is 9.15 Å². The van der Waals surface area contributed by atoms with Gasteiger partial charge in [0.2, 0.25) is 11.8 Å². The van der Waals surface area contributed by atoms with Crippen molar-refractivity contribution in [1.29, 1.82) is 0 Å². The topological polar surface area (TPSA) is 93.5 Å². The van der Waals surface area contributed by atoms with E-state index < -0.39 is 6.04 Å². The number of rotatable bonds is 7. The van der Waals surface area contributed by atoms with Gasteiger partial charge in [-0.25, -0.2) is 4.98 Å². The molecule has 1 heterocycles. The summed E-state index contributed by atoms with van der Waals surface area (Å²) in [7, 11) is 1.58. The first-order valence-corrected chi connectivity index (χ1v) is 9.22. The number of aromatic nitrogens is 1. The zero-order valence-electron chi connectivity index (χ0n) is 16.6. The maximum Gasteiger partial charge on any atom is 0.277 e. The van der Waals surface area contributed by atoms with E-state index in [-0.39, 0.29) is 29.8 Å². The summed E-state index contributed by atoms with van der Waals surface area (Å²) in [5, 5.41) is 5.62. The van der Waals surface area contributed by atoms with Crippen molar-refractivity contribution in [2.45, 2.75) is 26.3 Å². The van der Waals surface area contributed by atoms with E-state index in [1.165, 1.54) is 0 Å². The van der Waals surface area contributed by atoms with Gasteiger partial charge in [0.25, 0.3) is 5.91 Å². The molecule has 7 nitrogen and oxygen atoms in total. The second-order valence-electron chi connectivity index (χ2n) is 6.59. The van der Waals surface area contributed by atoms with Crippen LogP contribution in [0.25, 0.3) is 0 Å². The van der Waals surface area contributed by atoms with E-state index in [1.807, 2.05) is 42.5 Å². The number of hydrogen-bond donors (Lipinski definition) is 2. The number of nitrogens with zero attached hydrogens (tertiary/aromatic N) is 1. The lowest BCUT2D eigenvalue weighted by molar-refractivity contribution is -0.121. The first-order valence-electron chi connectivity index (χ1n) is 9.22. The fourth-order valence-electron chi connectivity index (χ4n) is 2.85. The van der Waals surface area contributed by atoms with E-state index >= 15 is 0 Å². The highest BCUT2D eigenvalue weighted by molar-refractivity contribution is 6.03. The van der Waals surface area contributed by atoms with Crippen molar-refractivity contribution in [3.63, 3.8) is 0 Å². The summed E-state index contributed by atoms with van der Waals surface area (Å²) in [6.45, 7) is 3.43. The molecule has 1 aromatic heterocycles. The van der Waals surface area contributed by atoms with Crippen molar-refractivity contribution in [3.8, 4) is 5.75 Å². The predicted octanol–water partition coefficient (Wildman–Crippen LogP) is 3.66. The van der Waals surface area contributed by atoms with Crippen LogP contribution in [0.5, 0.6) is 5.75 Å². The van der Waals surface area contributed by atoms with Gasteiger partial charge in [-0.05, 0) is 43.7 Å². The van der Waals surface area contributed by atoms with Crippen LogP contribution in [0.2, 0.25) is 0 Å². The minimum absolute atomic E-state index is 0.183. The first-order chi connectivity index (χ1) is 14.0. The van der Waals surface area contributed by atoms with Crippen LogP contribution in [0.4, 0.5) is 5.69 Å². The van der Waals surface area contributed by atoms with Crippen LogP contribution >= 0.6 is 0 Å². The molecule has 0 unspecified atom stereocenters. The van der Waals surface area contributed by atoms with Crippen LogP contribution in [0, 0.1) is 6.92 Å². The second kappa shape index (κ2) is 9.05. The van der Waals surface area contributed by atoms with Crippen molar-refractivity contribution < 1.29 is 18.7 Å². The summed E-state index contributed by atoms with van der Waals surface area (Å²) in [6.07, 6.45) is 0.197. The lowest BCUT2D eigenvalue weighted by atomic mass is 10.1. The Morgan fingerprint density at radius 3 is 2.62 bits per heavy atom. The highest BCUT2D eigenvalue weighted by Crippen LogP contribution is 2.19. The third-order valence-electron chi connectivity index (χ3n) is 4.31. The molecule has 1 atom stereocenters. The van der Waals surface area contributed by atoms with Gasteiger partial charge >= 0.3 is 0 Å². The molecule has 7 heteroatoms. The van der Waals surface area contributed by atoms with Gasteiger partial charge in [-0.1, -0.05) is 30.3 Å².